The number of carbonyl (C=O) groups is 18. The van der Waals surface area contributed by atoms with Gasteiger partial charge in [-0.25, -0.2) is 24.0 Å². The summed E-state index contributed by atoms with van der Waals surface area (Å²) in [7, 11) is 2.53. The highest BCUT2D eigenvalue weighted by molar-refractivity contribution is 8.76. The molecule has 1 aliphatic rings. The van der Waals surface area contributed by atoms with Crippen molar-refractivity contribution in [3.05, 3.63) is 0 Å². The molecule has 8 atom stereocenters. The Balaban J connectivity index is 2.33. The molecule has 1 heterocycles. The Labute approximate surface area is 644 Å². The molecule has 19 N–H and O–H groups in total. The molecular formula is C68H111N11O29S2. The minimum atomic E-state index is -1.75. The number of hydrogen-bond acceptors (Lipinski definition) is 26. The standard InChI is InChI=1S/C68H111N11O29S2/c69-53(82)23-17-43(51(80)37-72-49-41-109-110-42-50(68(103)104)73-38-52(49)81)74-61(90)40-108-36-34-106-32-30-71-60(89)39-107-35-33-105-31-29-70-54(83)24-18-44(63(93)94)76-56(85)26-20-46(65(97)98)78-58(87)28-22-48(67(101)102)79-59(88)27-21-47(66(99)100)77-57(86)25-19-45(64(95)96)75-55(84)15-13-11-9-7-5-3-1-2-4-6-8-10-12-14-16-62(91)92/h43-50,72-73H,1-42H2,(H2,69,82)(H,70,83)(H,71,89)(H,74,90)(H,75,84)(H,76,85)(H,77,86)(H,78,87)(H,79,88)(H,91,92)(H,93,94)(H,95,96)(H,97,98)(H,99,100)(H,101,102)(H,103,104)/t43-,44-,45-,46-,47-,48-,49-,50-/m0/s1. The zero-order valence-corrected chi connectivity index (χ0v) is 63.5. The minimum Gasteiger partial charge on any atom is -0.481 e. The van der Waals surface area contributed by atoms with Gasteiger partial charge in [-0.3, -0.25) is 73.0 Å². The molecule has 0 aromatic heterocycles. The van der Waals surface area contributed by atoms with Crippen molar-refractivity contribution in [1.82, 2.24) is 53.2 Å². The van der Waals surface area contributed by atoms with Crippen LogP contribution in [0, 0.1) is 0 Å². The minimum absolute atomic E-state index is 0.00892. The number of Topliss-reactive ketones (excluding diaryl/α,β-unsaturated/α-hetero) is 2. The molecule has 0 radical (unpaired) electrons. The van der Waals surface area contributed by atoms with E-state index < -0.39 is 213 Å². The van der Waals surface area contributed by atoms with Crippen molar-refractivity contribution in [2.45, 2.75) is 228 Å². The lowest BCUT2D eigenvalue weighted by Crippen LogP contribution is -2.51. The van der Waals surface area contributed by atoms with E-state index in [1.807, 2.05) is 0 Å². The number of ether oxygens (including phenoxy) is 4. The topological polar surface area (TPSA) is 632 Å². The molecular weight excluding hydrogens is 1500 g/mol. The lowest BCUT2D eigenvalue weighted by Gasteiger charge is -2.20. The van der Waals surface area contributed by atoms with Crippen LogP contribution < -0.4 is 58.9 Å². The van der Waals surface area contributed by atoms with E-state index >= 15 is 0 Å². The van der Waals surface area contributed by atoms with Crippen molar-refractivity contribution in [3.63, 3.8) is 0 Å². The maximum Gasteiger partial charge on any atom is 0.326 e. The maximum absolute atomic E-state index is 13.1. The van der Waals surface area contributed by atoms with E-state index in [1.54, 1.807) is 0 Å². The van der Waals surface area contributed by atoms with E-state index in [4.69, 9.17) is 29.8 Å². The van der Waals surface area contributed by atoms with Crippen LogP contribution in [-0.4, -0.2) is 281 Å². The molecule has 1 saturated heterocycles. The van der Waals surface area contributed by atoms with Crippen LogP contribution >= 0.6 is 21.6 Å². The van der Waals surface area contributed by atoms with Gasteiger partial charge in [0, 0.05) is 76.0 Å². The zero-order chi connectivity index (χ0) is 82.0. The molecule has 0 saturated carbocycles. The van der Waals surface area contributed by atoms with Crippen LogP contribution in [0.3, 0.4) is 0 Å². The summed E-state index contributed by atoms with van der Waals surface area (Å²) in [6.07, 6.45) is 8.25. The average Bonchev–Trinajstić information content (AvgIpc) is 1.23. The first kappa shape index (κ1) is 99.3. The van der Waals surface area contributed by atoms with Crippen LogP contribution in [0.4, 0.5) is 0 Å². The Kier molecular flexibility index (Phi) is 55.1. The Bertz CT molecular complexity index is 2960. The molecule has 0 aromatic rings. The predicted molar refractivity (Wildman–Crippen MR) is 391 cm³/mol. The quantitative estimate of drug-likeness (QED) is 0.0247. The normalized spacial score (nSPS) is 15.2. The van der Waals surface area contributed by atoms with E-state index in [9.17, 15) is 117 Å². The lowest BCUT2D eigenvalue weighted by atomic mass is 10.0. The fourth-order valence-corrected chi connectivity index (χ4v) is 12.8. The SMILES string of the molecule is NC(=O)CC[C@H](NC(=O)COCCOCCNC(=O)COCCOCCNC(=O)CC[C@H](NC(=O)CC[C@H](NC(=O)CC[C@H](NC(=O)CC[C@H](NC(=O)CC[C@H](NC(=O)CCCCCCCCCCCCCCCCC(=O)O)C(=O)O)C(=O)O)C(=O)O)C(=O)O)C(=O)O)C(=O)CN[C@H]1CSSC[C@@H](C(=O)O)NCC1=O. The number of carboxylic acid groups (broad SMARTS) is 7. The van der Waals surface area contributed by atoms with Crippen LogP contribution in [0.25, 0.3) is 0 Å². The van der Waals surface area contributed by atoms with Crippen LogP contribution in [0.15, 0.2) is 0 Å². The highest BCUT2D eigenvalue weighted by Gasteiger charge is 2.31. The first-order valence-electron chi connectivity index (χ1n) is 36.6. The number of nitrogens with two attached hydrogens (primary N) is 1. The van der Waals surface area contributed by atoms with Gasteiger partial charge in [-0.1, -0.05) is 98.6 Å². The maximum atomic E-state index is 13.1. The van der Waals surface area contributed by atoms with Crippen LogP contribution in [-0.2, 0) is 105 Å². The number of ketones is 2. The molecule has 1 fully saturated rings. The molecule has 1 rings (SSSR count). The number of primary amides is 1. The molecule has 110 heavy (non-hydrogen) atoms. The van der Waals surface area contributed by atoms with E-state index in [2.05, 4.69) is 53.2 Å². The summed E-state index contributed by atoms with van der Waals surface area (Å²) >= 11 is 0. The summed E-state index contributed by atoms with van der Waals surface area (Å²) in [6.45, 7) is -1.25. The Morgan fingerprint density at radius 1 is 0.382 bits per heavy atom. The Morgan fingerprint density at radius 2 is 0.709 bits per heavy atom. The van der Waals surface area contributed by atoms with Gasteiger partial charge in [0.05, 0.1) is 64.8 Å². The molecule has 0 unspecified atom stereocenters. The van der Waals surface area contributed by atoms with Gasteiger partial charge in [0.25, 0.3) is 0 Å². The Hall–Kier alpha value is -8.68. The number of hydrogen-bond donors (Lipinski definition) is 18. The average molecular weight is 1610 g/mol. The van der Waals surface area contributed by atoms with Crippen molar-refractivity contribution in [3.8, 4) is 0 Å². The van der Waals surface area contributed by atoms with Gasteiger partial charge >= 0.3 is 41.8 Å². The van der Waals surface area contributed by atoms with E-state index in [1.165, 1.54) is 21.6 Å². The summed E-state index contributed by atoms with van der Waals surface area (Å²) in [4.78, 5) is 220. The molecule has 9 amide bonds. The molecule has 40 nitrogen and oxygen atoms in total. The van der Waals surface area contributed by atoms with Crippen molar-refractivity contribution in [1.29, 1.82) is 0 Å². The van der Waals surface area contributed by atoms with Crippen molar-refractivity contribution in [2.75, 3.05) is 90.5 Å². The summed E-state index contributed by atoms with van der Waals surface area (Å²) in [5, 5.41) is 90.6. The highest BCUT2D eigenvalue weighted by atomic mass is 33.1. The second-order valence-electron chi connectivity index (χ2n) is 25.7. The highest BCUT2D eigenvalue weighted by Crippen LogP contribution is 2.24. The van der Waals surface area contributed by atoms with Gasteiger partial charge in [0.2, 0.25) is 53.2 Å². The second-order valence-corrected chi connectivity index (χ2v) is 28.2. The number of aliphatic carboxylic acids is 7. The molecule has 0 spiro atoms. The van der Waals surface area contributed by atoms with E-state index in [-0.39, 0.29) is 122 Å². The van der Waals surface area contributed by atoms with Crippen LogP contribution in [0.5, 0.6) is 0 Å². The third-order valence-electron chi connectivity index (χ3n) is 16.5. The third kappa shape index (κ3) is 52.4. The number of carboxylic acids is 7. The smallest absolute Gasteiger partial charge is 0.326 e. The molecule has 1 aliphatic heterocycles. The first-order valence-corrected chi connectivity index (χ1v) is 39.1. The van der Waals surface area contributed by atoms with Crippen molar-refractivity contribution >= 4 is 128 Å². The number of nitrogens with one attached hydrogen (secondary N) is 10. The number of rotatable bonds is 67. The van der Waals surface area contributed by atoms with Gasteiger partial charge in [-0.2, -0.15) is 0 Å². The van der Waals surface area contributed by atoms with E-state index in [0.717, 1.165) is 77.0 Å². The fraction of sp³-hybridized carbons (Fsp3) is 0.735. The van der Waals surface area contributed by atoms with Gasteiger partial charge in [0.1, 0.15) is 49.5 Å². The lowest BCUT2D eigenvalue weighted by molar-refractivity contribution is -0.144. The van der Waals surface area contributed by atoms with Gasteiger partial charge < -0.3 is 103 Å². The molecule has 624 valence electrons. The second kappa shape index (κ2) is 61.0. The molecule has 0 aromatic carbocycles. The summed E-state index contributed by atoms with van der Waals surface area (Å²) < 4.78 is 21.3. The monoisotopic (exact) mass is 1610 g/mol. The van der Waals surface area contributed by atoms with Crippen LogP contribution in [0.2, 0.25) is 0 Å². The number of unbranched alkanes of at least 4 members (excludes halogenated alkanes) is 13. The first-order chi connectivity index (χ1) is 52.4. The summed E-state index contributed by atoms with van der Waals surface area (Å²) in [5.74, 6) is -17.0. The third-order valence-corrected chi connectivity index (χ3v) is 19.0. The Morgan fingerprint density at radius 3 is 1.09 bits per heavy atom. The number of carbonyl (C=O) groups excluding carboxylic acids is 11. The zero-order valence-electron chi connectivity index (χ0n) is 61.8. The summed E-state index contributed by atoms with van der Waals surface area (Å²) in [5.41, 5.74) is 5.25. The van der Waals surface area contributed by atoms with Gasteiger partial charge in [0.15, 0.2) is 11.6 Å². The fourth-order valence-electron chi connectivity index (χ4n) is 10.4. The van der Waals surface area contributed by atoms with Gasteiger partial charge in [-0.15, -0.1) is 0 Å². The summed E-state index contributed by atoms with van der Waals surface area (Å²) in [6, 6.07) is -11.1. The predicted octanol–water partition coefficient (Wildman–Crippen LogP) is -1.36. The molecule has 0 bridgehead atoms. The van der Waals surface area contributed by atoms with Gasteiger partial charge in [-0.05, 0) is 51.4 Å². The van der Waals surface area contributed by atoms with Crippen LogP contribution in [0.1, 0.15) is 180 Å². The molecule has 42 heteroatoms. The van der Waals surface area contributed by atoms with Crippen molar-refractivity contribution < 1.29 is 141 Å². The van der Waals surface area contributed by atoms with Crippen molar-refractivity contribution in [2.24, 2.45) is 5.73 Å². The van der Waals surface area contributed by atoms with E-state index in [0.29, 0.717) is 12.8 Å². The largest absolute Gasteiger partial charge is 0.481 e. The number of amides is 9. The molecule has 0 aliphatic carbocycles.